The van der Waals surface area contributed by atoms with E-state index in [1.165, 1.54) is 7.11 Å². The number of carbonyl (C=O) groups is 1. The van der Waals surface area contributed by atoms with E-state index in [1.54, 1.807) is 16.4 Å². The SMILES string of the molecule is COC(=O)CCC/C=C/C1[C@@H]2CC[C@@H](C2)N1S(=O)(=O)c1ccc(C)cc1. The van der Waals surface area contributed by atoms with Crippen LogP contribution in [0.3, 0.4) is 0 Å². The Kier molecular flexibility index (Phi) is 5.82. The Bertz CT molecular complexity index is 770. The van der Waals surface area contributed by atoms with Crippen molar-refractivity contribution < 1.29 is 17.9 Å². The molecule has 1 unspecified atom stereocenters. The van der Waals surface area contributed by atoms with Gasteiger partial charge < -0.3 is 4.74 Å². The van der Waals surface area contributed by atoms with E-state index in [4.69, 9.17) is 0 Å². The predicted octanol–water partition coefficient (Wildman–Crippen LogP) is 3.44. The van der Waals surface area contributed by atoms with Crippen molar-refractivity contribution in [2.75, 3.05) is 7.11 Å². The van der Waals surface area contributed by atoms with Crippen LogP contribution in [0.4, 0.5) is 0 Å². The largest absolute Gasteiger partial charge is 0.469 e. The van der Waals surface area contributed by atoms with Crippen molar-refractivity contribution in [2.45, 2.75) is 62.4 Å². The number of benzene rings is 1. The highest BCUT2D eigenvalue weighted by Gasteiger charge is 2.50. The van der Waals surface area contributed by atoms with E-state index in [1.807, 2.05) is 31.2 Å². The molecule has 1 aliphatic heterocycles. The third-order valence-electron chi connectivity index (χ3n) is 5.49. The molecule has 1 heterocycles. The second kappa shape index (κ2) is 7.92. The number of ether oxygens (including phenoxy) is 1. The number of methoxy groups -OCH3 is 1. The summed E-state index contributed by atoms with van der Waals surface area (Å²) in [5.41, 5.74) is 1.05. The lowest BCUT2D eigenvalue weighted by Crippen LogP contribution is -2.43. The Morgan fingerprint density at radius 1 is 1.27 bits per heavy atom. The van der Waals surface area contributed by atoms with Gasteiger partial charge in [0, 0.05) is 18.5 Å². The van der Waals surface area contributed by atoms with Gasteiger partial charge in [0.05, 0.1) is 12.0 Å². The van der Waals surface area contributed by atoms with Crippen molar-refractivity contribution in [2.24, 2.45) is 5.92 Å². The number of rotatable bonds is 7. The van der Waals surface area contributed by atoms with Gasteiger partial charge >= 0.3 is 5.97 Å². The van der Waals surface area contributed by atoms with Gasteiger partial charge in [0.25, 0.3) is 0 Å². The standard InChI is InChI=1S/C20H27NO4S/c1-15-8-12-18(13-9-15)26(23,24)21-17-11-10-16(14-17)19(21)6-4-3-5-7-20(22)25-2/h4,6,8-9,12-13,16-17,19H,3,5,7,10-11,14H2,1-2H3/b6-4+/t16-,17+,19?/m1/s1. The Balaban J connectivity index is 1.72. The van der Waals surface area contributed by atoms with Gasteiger partial charge in [-0.3, -0.25) is 4.79 Å². The maximum Gasteiger partial charge on any atom is 0.305 e. The number of carbonyl (C=O) groups excluding carboxylic acids is 1. The first-order valence-corrected chi connectivity index (χ1v) is 10.7. The molecule has 1 aliphatic carbocycles. The number of hydrogen-bond donors (Lipinski definition) is 0. The fourth-order valence-electron chi connectivity index (χ4n) is 4.12. The van der Waals surface area contributed by atoms with Gasteiger partial charge in [-0.05, 0) is 57.1 Å². The summed E-state index contributed by atoms with van der Waals surface area (Å²) in [6.07, 6.45) is 8.89. The maximum absolute atomic E-state index is 13.2. The molecule has 0 aromatic heterocycles. The van der Waals surface area contributed by atoms with Crippen molar-refractivity contribution in [1.82, 2.24) is 4.31 Å². The van der Waals surface area contributed by atoms with Crippen LogP contribution >= 0.6 is 0 Å². The minimum Gasteiger partial charge on any atom is -0.469 e. The van der Waals surface area contributed by atoms with Crippen LogP contribution in [-0.2, 0) is 19.6 Å². The Morgan fingerprint density at radius 2 is 2.00 bits per heavy atom. The minimum atomic E-state index is -3.49. The topological polar surface area (TPSA) is 63.7 Å². The molecule has 0 spiro atoms. The zero-order valence-corrected chi connectivity index (χ0v) is 16.2. The van der Waals surface area contributed by atoms with E-state index in [0.717, 1.165) is 31.2 Å². The van der Waals surface area contributed by atoms with E-state index in [-0.39, 0.29) is 18.1 Å². The molecule has 3 rings (SSSR count). The molecule has 3 atom stereocenters. The number of allylic oxidation sites excluding steroid dienone is 1. The third kappa shape index (κ3) is 3.86. The number of nitrogens with zero attached hydrogens (tertiary/aromatic N) is 1. The average molecular weight is 378 g/mol. The summed E-state index contributed by atoms with van der Waals surface area (Å²) in [4.78, 5) is 11.5. The number of unbranched alkanes of at least 4 members (excludes halogenated alkanes) is 1. The molecule has 1 saturated heterocycles. The molecular formula is C20H27NO4S. The summed E-state index contributed by atoms with van der Waals surface area (Å²) in [6.45, 7) is 1.95. The van der Waals surface area contributed by atoms with Crippen LogP contribution in [0.1, 0.15) is 44.1 Å². The van der Waals surface area contributed by atoms with E-state index in [0.29, 0.717) is 23.7 Å². The van der Waals surface area contributed by atoms with Gasteiger partial charge in [0.1, 0.15) is 0 Å². The van der Waals surface area contributed by atoms with E-state index < -0.39 is 10.0 Å². The molecule has 0 amide bonds. The first-order valence-electron chi connectivity index (χ1n) is 9.27. The van der Waals surface area contributed by atoms with Crippen molar-refractivity contribution >= 4 is 16.0 Å². The van der Waals surface area contributed by atoms with Crippen LogP contribution in [0, 0.1) is 12.8 Å². The molecule has 2 fully saturated rings. The molecule has 2 bridgehead atoms. The van der Waals surface area contributed by atoms with Crippen LogP contribution in [-0.4, -0.2) is 37.9 Å². The Morgan fingerprint density at radius 3 is 2.69 bits per heavy atom. The van der Waals surface area contributed by atoms with E-state index in [2.05, 4.69) is 4.74 Å². The van der Waals surface area contributed by atoms with Crippen LogP contribution < -0.4 is 0 Å². The Hall–Kier alpha value is -1.66. The number of aryl methyl sites for hydroxylation is 1. The van der Waals surface area contributed by atoms with Crippen LogP contribution in [0.15, 0.2) is 41.3 Å². The Labute approximate surface area is 156 Å². The fraction of sp³-hybridized carbons (Fsp3) is 0.550. The first kappa shape index (κ1) is 19.1. The highest BCUT2D eigenvalue weighted by molar-refractivity contribution is 7.89. The molecule has 5 nitrogen and oxygen atoms in total. The highest BCUT2D eigenvalue weighted by atomic mass is 32.2. The molecule has 1 saturated carbocycles. The van der Waals surface area contributed by atoms with E-state index >= 15 is 0 Å². The molecule has 6 heteroatoms. The fourth-order valence-corrected chi connectivity index (χ4v) is 5.99. The lowest BCUT2D eigenvalue weighted by molar-refractivity contribution is -0.140. The predicted molar refractivity (Wildman–Crippen MR) is 100 cm³/mol. The van der Waals surface area contributed by atoms with Crippen LogP contribution in [0.2, 0.25) is 0 Å². The number of esters is 1. The van der Waals surface area contributed by atoms with Crippen LogP contribution in [0.25, 0.3) is 0 Å². The summed E-state index contributed by atoms with van der Waals surface area (Å²) >= 11 is 0. The summed E-state index contributed by atoms with van der Waals surface area (Å²) in [7, 11) is -2.10. The van der Waals surface area contributed by atoms with Gasteiger partial charge in [-0.25, -0.2) is 8.42 Å². The van der Waals surface area contributed by atoms with Gasteiger partial charge in [0.15, 0.2) is 0 Å². The molecule has 26 heavy (non-hydrogen) atoms. The monoisotopic (exact) mass is 377 g/mol. The second-order valence-corrected chi connectivity index (χ2v) is 9.11. The first-order chi connectivity index (χ1) is 12.4. The van der Waals surface area contributed by atoms with Gasteiger partial charge in [0.2, 0.25) is 10.0 Å². The number of piperidine rings is 1. The zero-order chi connectivity index (χ0) is 18.7. The lowest BCUT2D eigenvalue weighted by atomic mass is 9.99. The zero-order valence-electron chi connectivity index (χ0n) is 15.4. The number of hydrogen-bond acceptors (Lipinski definition) is 4. The third-order valence-corrected chi connectivity index (χ3v) is 7.46. The van der Waals surface area contributed by atoms with E-state index in [9.17, 15) is 13.2 Å². The lowest BCUT2D eigenvalue weighted by Gasteiger charge is -2.32. The molecule has 0 radical (unpaired) electrons. The van der Waals surface area contributed by atoms with Crippen molar-refractivity contribution in [1.29, 1.82) is 0 Å². The molecule has 0 N–H and O–H groups in total. The molecule has 1 aromatic rings. The van der Waals surface area contributed by atoms with Gasteiger partial charge in [-0.15, -0.1) is 0 Å². The van der Waals surface area contributed by atoms with Crippen molar-refractivity contribution in [3.8, 4) is 0 Å². The summed E-state index contributed by atoms with van der Waals surface area (Å²) in [5, 5.41) is 0. The van der Waals surface area contributed by atoms with Crippen molar-refractivity contribution in [3.05, 3.63) is 42.0 Å². The van der Waals surface area contributed by atoms with Crippen molar-refractivity contribution in [3.63, 3.8) is 0 Å². The summed E-state index contributed by atoms with van der Waals surface area (Å²) in [5.74, 6) is 0.193. The van der Waals surface area contributed by atoms with Crippen LogP contribution in [0.5, 0.6) is 0 Å². The molecule has 2 aliphatic rings. The smallest absolute Gasteiger partial charge is 0.305 e. The summed E-state index contributed by atoms with van der Waals surface area (Å²) < 4.78 is 32.8. The minimum absolute atomic E-state index is 0.0711. The summed E-state index contributed by atoms with van der Waals surface area (Å²) in [6, 6.07) is 7.13. The van der Waals surface area contributed by atoms with Gasteiger partial charge in [-0.1, -0.05) is 29.8 Å². The maximum atomic E-state index is 13.2. The molecule has 142 valence electrons. The highest BCUT2D eigenvalue weighted by Crippen LogP contribution is 2.45. The molecular weight excluding hydrogens is 350 g/mol. The number of fused-ring (bicyclic) bond motifs is 2. The quantitative estimate of drug-likeness (QED) is 0.415. The number of sulfonamides is 1. The normalized spacial score (nSPS) is 25.8. The molecule has 1 aromatic carbocycles. The average Bonchev–Trinajstić information content (AvgIpc) is 3.23. The van der Waals surface area contributed by atoms with Gasteiger partial charge in [-0.2, -0.15) is 4.31 Å². The second-order valence-electron chi connectivity index (χ2n) is 7.26.